The number of hydrogen-bond acceptors (Lipinski definition) is 4. The summed E-state index contributed by atoms with van der Waals surface area (Å²) in [6.07, 6.45) is 4.75. The Morgan fingerprint density at radius 2 is 1.85 bits per heavy atom. The molecule has 1 fully saturated rings. The van der Waals surface area contributed by atoms with E-state index >= 15 is 0 Å². The van der Waals surface area contributed by atoms with Crippen LogP contribution >= 0.6 is 11.8 Å². The lowest BCUT2D eigenvalue weighted by Crippen LogP contribution is -2.48. The molecule has 2 atom stereocenters. The lowest BCUT2D eigenvalue weighted by Gasteiger charge is -2.41. The largest absolute Gasteiger partial charge is 0.326 e. The van der Waals surface area contributed by atoms with Crippen molar-refractivity contribution in [2.75, 3.05) is 6.26 Å². The predicted octanol–water partition coefficient (Wildman–Crippen LogP) is 3.09. The lowest BCUT2D eigenvalue weighted by molar-refractivity contribution is 0.208. The Labute approximate surface area is 126 Å². The number of rotatable bonds is 3. The van der Waals surface area contributed by atoms with Crippen molar-refractivity contribution in [3.05, 3.63) is 24.3 Å². The molecule has 0 radical (unpaired) electrons. The van der Waals surface area contributed by atoms with Gasteiger partial charge in [-0.2, -0.15) is 0 Å². The number of thioether (sulfide) groups is 1. The first-order chi connectivity index (χ1) is 9.20. The van der Waals surface area contributed by atoms with Gasteiger partial charge in [-0.25, -0.2) is 8.42 Å². The van der Waals surface area contributed by atoms with Gasteiger partial charge < -0.3 is 5.73 Å². The first-order valence-corrected chi connectivity index (χ1v) is 9.70. The van der Waals surface area contributed by atoms with E-state index in [-0.39, 0.29) is 11.5 Å². The van der Waals surface area contributed by atoms with Gasteiger partial charge in [0.1, 0.15) is 0 Å². The first-order valence-electron chi connectivity index (χ1n) is 6.92. The molecule has 1 aromatic rings. The Morgan fingerprint density at radius 3 is 2.40 bits per heavy atom. The molecule has 1 aliphatic carbocycles. The molecular formula is C15H23NO2S2. The molecule has 0 amide bonds. The van der Waals surface area contributed by atoms with Gasteiger partial charge in [0.05, 0.1) is 4.90 Å². The molecule has 0 aliphatic heterocycles. The zero-order chi connectivity index (χ0) is 15.0. The van der Waals surface area contributed by atoms with Gasteiger partial charge in [-0.05, 0) is 42.5 Å². The summed E-state index contributed by atoms with van der Waals surface area (Å²) in [5, 5.41) is 0.405. The molecule has 2 unspecified atom stereocenters. The summed E-state index contributed by atoms with van der Waals surface area (Å²) in [5.74, 6) is 0. The van der Waals surface area contributed by atoms with Crippen LogP contribution in [0.15, 0.2) is 34.1 Å². The molecule has 2 rings (SSSR count). The molecule has 20 heavy (non-hydrogen) atoms. The van der Waals surface area contributed by atoms with Crippen LogP contribution in [0.5, 0.6) is 0 Å². The van der Waals surface area contributed by atoms with E-state index in [1.165, 1.54) is 19.1 Å². The lowest BCUT2D eigenvalue weighted by atomic mass is 9.73. The molecule has 0 aromatic heterocycles. The average Bonchev–Trinajstić information content (AvgIpc) is 2.34. The van der Waals surface area contributed by atoms with Gasteiger partial charge in [-0.3, -0.25) is 0 Å². The second-order valence-corrected chi connectivity index (χ2v) is 9.63. The predicted molar refractivity (Wildman–Crippen MR) is 84.8 cm³/mol. The van der Waals surface area contributed by atoms with E-state index in [0.717, 1.165) is 11.3 Å². The Kier molecular flexibility index (Phi) is 4.52. The summed E-state index contributed by atoms with van der Waals surface area (Å²) in [5.41, 5.74) is 6.57. The quantitative estimate of drug-likeness (QED) is 0.931. The molecule has 5 heteroatoms. The van der Waals surface area contributed by atoms with E-state index in [1.807, 2.05) is 12.1 Å². The van der Waals surface area contributed by atoms with Crippen molar-refractivity contribution in [3.63, 3.8) is 0 Å². The minimum absolute atomic E-state index is 0.177. The molecule has 3 nitrogen and oxygen atoms in total. The van der Waals surface area contributed by atoms with Crippen molar-refractivity contribution >= 4 is 21.6 Å². The fourth-order valence-corrected chi connectivity index (χ4v) is 4.75. The molecule has 112 valence electrons. The first kappa shape index (κ1) is 15.9. The highest BCUT2D eigenvalue weighted by molar-refractivity contribution is 8.00. The van der Waals surface area contributed by atoms with Crippen LogP contribution in [0.3, 0.4) is 0 Å². The third-order valence-electron chi connectivity index (χ3n) is 4.15. The van der Waals surface area contributed by atoms with Crippen LogP contribution in [0.1, 0.15) is 33.1 Å². The van der Waals surface area contributed by atoms with Crippen molar-refractivity contribution in [2.45, 2.75) is 54.2 Å². The van der Waals surface area contributed by atoms with Gasteiger partial charge in [-0.1, -0.05) is 20.3 Å². The zero-order valence-corrected chi connectivity index (χ0v) is 13.9. The van der Waals surface area contributed by atoms with Crippen molar-refractivity contribution < 1.29 is 8.42 Å². The van der Waals surface area contributed by atoms with Gasteiger partial charge in [-0.15, -0.1) is 11.8 Å². The smallest absolute Gasteiger partial charge is 0.175 e. The van der Waals surface area contributed by atoms with E-state index in [9.17, 15) is 8.42 Å². The fraction of sp³-hybridized carbons (Fsp3) is 0.600. The maximum absolute atomic E-state index is 11.4. The molecule has 1 aliphatic rings. The number of sulfone groups is 1. The number of hydrogen-bond donors (Lipinski definition) is 1. The van der Waals surface area contributed by atoms with Crippen LogP contribution in [-0.4, -0.2) is 26.0 Å². The van der Waals surface area contributed by atoms with Gasteiger partial charge in [0.15, 0.2) is 9.84 Å². The maximum Gasteiger partial charge on any atom is 0.175 e. The van der Waals surface area contributed by atoms with Crippen LogP contribution < -0.4 is 5.73 Å². The van der Waals surface area contributed by atoms with Gasteiger partial charge in [0.25, 0.3) is 0 Å². The zero-order valence-electron chi connectivity index (χ0n) is 12.3. The van der Waals surface area contributed by atoms with Crippen molar-refractivity contribution in [3.8, 4) is 0 Å². The Bertz CT molecular complexity index is 564. The maximum atomic E-state index is 11.4. The molecule has 0 bridgehead atoms. The van der Waals surface area contributed by atoms with Crippen LogP contribution in [0, 0.1) is 5.41 Å². The molecule has 1 aromatic carbocycles. The monoisotopic (exact) mass is 313 g/mol. The Morgan fingerprint density at radius 1 is 1.25 bits per heavy atom. The third-order valence-corrected chi connectivity index (χ3v) is 6.66. The van der Waals surface area contributed by atoms with E-state index in [0.29, 0.717) is 10.1 Å². The summed E-state index contributed by atoms with van der Waals surface area (Å²) < 4.78 is 22.9. The molecular weight excluding hydrogens is 290 g/mol. The van der Waals surface area contributed by atoms with Crippen molar-refractivity contribution in [1.82, 2.24) is 0 Å². The summed E-state index contributed by atoms with van der Waals surface area (Å²) in [4.78, 5) is 1.46. The van der Waals surface area contributed by atoms with Crippen LogP contribution in [-0.2, 0) is 9.84 Å². The van der Waals surface area contributed by atoms with Gasteiger partial charge >= 0.3 is 0 Å². The van der Waals surface area contributed by atoms with Crippen molar-refractivity contribution in [1.29, 1.82) is 0 Å². The van der Waals surface area contributed by atoms with Gasteiger partial charge in [0, 0.05) is 22.4 Å². The average molecular weight is 313 g/mol. The minimum Gasteiger partial charge on any atom is -0.326 e. The van der Waals surface area contributed by atoms with E-state index in [2.05, 4.69) is 13.8 Å². The second-order valence-electron chi connectivity index (χ2n) is 6.31. The molecule has 0 spiro atoms. The topological polar surface area (TPSA) is 60.2 Å². The van der Waals surface area contributed by atoms with Gasteiger partial charge in [0.2, 0.25) is 0 Å². The molecule has 2 N–H and O–H groups in total. The second kappa shape index (κ2) is 5.70. The Hall–Kier alpha value is -0.520. The summed E-state index contributed by atoms with van der Waals surface area (Å²) in [6, 6.07) is 7.30. The summed E-state index contributed by atoms with van der Waals surface area (Å²) in [6.45, 7) is 4.47. The van der Waals surface area contributed by atoms with Crippen LogP contribution in [0.25, 0.3) is 0 Å². The van der Waals surface area contributed by atoms with E-state index < -0.39 is 9.84 Å². The Balaban J connectivity index is 2.10. The summed E-state index contributed by atoms with van der Waals surface area (Å²) in [7, 11) is -3.12. The highest BCUT2D eigenvalue weighted by Crippen LogP contribution is 2.41. The minimum atomic E-state index is -3.12. The molecule has 0 heterocycles. The summed E-state index contributed by atoms with van der Waals surface area (Å²) >= 11 is 1.77. The van der Waals surface area contributed by atoms with Crippen molar-refractivity contribution in [2.24, 2.45) is 11.1 Å². The van der Waals surface area contributed by atoms with Crippen LogP contribution in [0.2, 0.25) is 0 Å². The van der Waals surface area contributed by atoms with Crippen LogP contribution in [0.4, 0.5) is 0 Å². The highest BCUT2D eigenvalue weighted by atomic mass is 32.2. The highest BCUT2D eigenvalue weighted by Gasteiger charge is 2.36. The normalized spacial score (nSPS) is 26.4. The standard InChI is InChI=1S/C15H23NO2S2/c1-15(2)10-4-5-13(14(15)16)19-11-6-8-12(9-7-11)20(3,17)18/h6-9,13-14H,4-5,10,16H2,1-3H3. The van der Waals surface area contributed by atoms with E-state index in [4.69, 9.17) is 5.73 Å². The fourth-order valence-electron chi connectivity index (χ4n) is 2.68. The molecule has 1 saturated carbocycles. The third kappa shape index (κ3) is 3.57. The SMILES string of the molecule is CC1(C)CCCC(Sc2ccc(S(C)(=O)=O)cc2)C1N. The number of nitrogens with two attached hydrogens (primary N) is 1. The van der Waals surface area contributed by atoms with E-state index in [1.54, 1.807) is 23.9 Å². The molecule has 0 saturated heterocycles. The number of benzene rings is 1.